The van der Waals surface area contributed by atoms with Gasteiger partial charge in [-0.15, -0.1) is 0 Å². The van der Waals surface area contributed by atoms with Crippen LogP contribution in [0.25, 0.3) is 0 Å². The van der Waals surface area contributed by atoms with Gasteiger partial charge in [-0.2, -0.15) is 0 Å². The van der Waals surface area contributed by atoms with Crippen LogP contribution in [0.3, 0.4) is 0 Å². The molecule has 0 aliphatic carbocycles. The maximum atomic E-state index is 5.34. The van der Waals surface area contributed by atoms with Gasteiger partial charge in [0.25, 0.3) is 0 Å². The highest BCUT2D eigenvalue weighted by atomic mass is 79.9. The summed E-state index contributed by atoms with van der Waals surface area (Å²) in [7, 11) is 0. The molecule has 0 saturated heterocycles. The molecule has 1 aromatic rings. The van der Waals surface area contributed by atoms with Crippen molar-refractivity contribution in [3.8, 4) is 0 Å². The maximum Gasteiger partial charge on any atom is 0.217 e. The molecule has 2 nitrogen and oxygen atoms in total. The molecule has 2 rings (SSSR count). The minimum Gasteiger partial charge on any atom is -0.475 e. The zero-order chi connectivity index (χ0) is 8.39. The molecule has 0 saturated carbocycles. The van der Waals surface area contributed by atoms with Crippen LogP contribution in [-0.2, 0) is 4.74 Å². The number of halogens is 1. The van der Waals surface area contributed by atoms with E-state index in [-0.39, 0.29) is 0 Å². The van der Waals surface area contributed by atoms with Gasteiger partial charge in [-0.25, -0.2) is 4.99 Å². The van der Waals surface area contributed by atoms with Gasteiger partial charge in [0.1, 0.15) is 6.61 Å². The summed E-state index contributed by atoms with van der Waals surface area (Å²) in [5, 5.41) is 0. The molecular weight excluding hydrogens is 218 g/mol. The summed E-state index contributed by atoms with van der Waals surface area (Å²) in [5.41, 5.74) is 1.04. The zero-order valence-electron chi connectivity index (χ0n) is 6.46. The Morgan fingerprint density at radius 2 is 2.17 bits per heavy atom. The van der Waals surface area contributed by atoms with Gasteiger partial charge in [0.2, 0.25) is 5.90 Å². The van der Waals surface area contributed by atoms with Crippen molar-refractivity contribution in [3.63, 3.8) is 0 Å². The molecule has 0 spiro atoms. The Hall–Kier alpha value is -0.830. The van der Waals surface area contributed by atoms with E-state index in [0.29, 0.717) is 6.61 Å². The summed E-state index contributed by atoms with van der Waals surface area (Å²) in [5.74, 6) is 0.752. The Balaban J connectivity index is 2.39. The van der Waals surface area contributed by atoms with Crippen molar-refractivity contribution in [3.05, 3.63) is 34.3 Å². The van der Waals surface area contributed by atoms with Crippen LogP contribution in [0, 0.1) is 0 Å². The number of ether oxygens (including phenoxy) is 1. The third-order valence-electron chi connectivity index (χ3n) is 1.69. The standard InChI is InChI=1S/C9H8BrNO/c10-8-4-2-1-3-7(8)9-11-5-6-12-9/h1-4H,5-6H2. The first-order valence-electron chi connectivity index (χ1n) is 3.80. The Kier molecular flexibility index (Phi) is 2.13. The summed E-state index contributed by atoms with van der Waals surface area (Å²) in [6.07, 6.45) is 0. The summed E-state index contributed by atoms with van der Waals surface area (Å²) in [6.45, 7) is 1.48. The van der Waals surface area contributed by atoms with Crippen molar-refractivity contribution < 1.29 is 4.74 Å². The van der Waals surface area contributed by atoms with Gasteiger partial charge in [-0.3, -0.25) is 0 Å². The van der Waals surface area contributed by atoms with E-state index in [9.17, 15) is 0 Å². The van der Waals surface area contributed by atoms with E-state index >= 15 is 0 Å². The normalized spacial score (nSPS) is 15.6. The Morgan fingerprint density at radius 3 is 2.83 bits per heavy atom. The van der Waals surface area contributed by atoms with Gasteiger partial charge < -0.3 is 4.74 Å². The zero-order valence-corrected chi connectivity index (χ0v) is 8.04. The number of rotatable bonds is 1. The van der Waals surface area contributed by atoms with Gasteiger partial charge in [-0.05, 0) is 28.1 Å². The van der Waals surface area contributed by atoms with E-state index in [2.05, 4.69) is 20.9 Å². The summed E-state index contributed by atoms with van der Waals surface area (Å²) in [6, 6.07) is 7.93. The Morgan fingerprint density at radius 1 is 1.33 bits per heavy atom. The predicted molar refractivity (Wildman–Crippen MR) is 51.5 cm³/mol. The lowest BCUT2D eigenvalue weighted by atomic mass is 10.2. The second-order valence-electron chi connectivity index (χ2n) is 2.52. The van der Waals surface area contributed by atoms with E-state index in [4.69, 9.17) is 4.74 Å². The topological polar surface area (TPSA) is 21.6 Å². The quantitative estimate of drug-likeness (QED) is 0.719. The molecule has 1 aliphatic heterocycles. The monoisotopic (exact) mass is 225 g/mol. The molecule has 12 heavy (non-hydrogen) atoms. The first-order valence-corrected chi connectivity index (χ1v) is 4.59. The molecule has 62 valence electrons. The van der Waals surface area contributed by atoms with Crippen molar-refractivity contribution >= 4 is 21.8 Å². The molecule has 0 fully saturated rings. The number of nitrogens with zero attached hydrogens (tertiary/aromatic N) is 1. The van der Waals surface area contributed by atoms with E-state index in [1.54, 1.807) is 0 Å². The minimum atomic E-state index is 0.705. The average molecular weight is 226 g/mol. The molecule has 0 N–H and O–H groups in total. The van der Waals surface area contributed by atoms with E-state index in [1.807, 2.05) is 24.3 Å². The smallest absolute Gasteiger partial charge is 0.217 e. The van der Waals surface area contributed by atoms with E-state index < -0.39 is 0 Å². The molecule has 3 heteroatoms. The molecule has 0 unspecified atom stereocenters. The second-order valence-corrected chi connectivity index (χ2v) is 3.37. The molecular formula is C9H8BrNO. The SMILES string of the molecule is Brc1ccccc1C1=NCCO1. The lowest BCUT2D eigenvalue weighted by molar-refractivity contribution is 0.348. The van der Waals surface area contributed by atoms with Crippen LogP contribution >= 0.6 is 15.9 Å². The van der Waals surface area contributed by atoms with Gasteiger partial charge >= 0.3 is 0 Å². The minimum absolute atomic E-state index is 0.705. The van der Waals surface area contributed by atoms with Crippen molar-refractivity contribution in [1.82, 2.24) is 0 Å². The highest BCUT2D eigenvalue weighted by Crippen LogP contribution is 2.18. The summed E-state index contributed by atoms with van der Waals surface area (Å²) < 4.78 is 6.37. The largest absolute Gasteiger partial charge is 0.475 e. The van der Waals surface area contributed by atoms with Crippen molar-refractivity contribution in [1.29, 1.82) is 0 Å². The van der Waals surface area contributed by atoms with Crippen LogP contribution in [0.5, 0.6) is 0 Å². The first-order chi connectivity index (χ1) is 5.88. The number of hydrogen-bond acceptors (Lipinski definition) is 2. The van der Waals surface area contributed by atoms with Crippen LogP contribution in [0.1, 0.15) is 5.56 Å². The highest BCUT2D eigenvalue weighted by molar-refractivity contribution is 9.10. The van der Waals surface area contributed by atoms with Gasteiger partial charge in [0.15, 0.2) is 0 Å². The van der Waals surface area contributed by atoms with Gasteiger partial charge in [-0.1, -0.05) is 12.1 Å². The molecule has 0 bridgehead atoms. The molecule has 0 atom stereocenters. The number of aliphatic imine (C=N–C) groups is 1. The fourth-order valence-corrected chi connectivity index (χ4v) is 1.59. The summed E-state index contributed by atoms with van der Waals surface area (Å²) in [4.78, 5) is 4.23. The molecule has 0 aromatic heterocycles. The lowest BCUT2D eigenvalue weighted by Gasteiger charge is -2.02. The maximum absolute atomic E-state index is 5.34. The fraction of sp³-hybridized carbons (Fsp3) is 0.222. The molecule has 0 amide bonds. The van der Waals surface area contributed by atoms with Crippen LogP contribution < -0.4 is 0 Å². The second kappa shape index (κ2) is 3.27. The lowest BCUT2D eigenvalue weighted by Crippen LogP contribution is -2.01. The van der Waals surface area contributed by atoms with Crippen LogP contribution in [0.4, 0.5) is 0 Å². The number of benzene rings is 1. The Bertz CT molecular complexity index is 322. The Labute approximate surface area is 79.4 Å². The third-order valence-corrected chi connectivity index (χ3v) is 2.38. The highest BCUT2D eigenvalue weighted by Gasteiger charge is 2.11. The predicted octanol–water partition coefficient (Wildman–Crippen LogP) is 2.23. The summed E-state index contributed by atoms with van der Waals surface area (Å²) >= 11 is 3.45. The van der Waals surface area contributed by atoms with Crippen LogP contribution in [-0.4, -0.2) is 19.0 Å². The molecule has 1 aromatic carbocycles. The first kappa shape index (κ1) is 7.80. The average Bonchev–Trinajstić information content (AvgIpc) is 2.57. The molecule has 1 aliphatic rings. The van der Waals surface area contributed by atoms with E-state index in [1.165, 1.54) is 0 Å². The van der Waals surface area contributed by atoms with Crippen molar-refractivity contribution in [2.45, 2.75) is 0 Å². The van der Waals surface area contributed by atoms with Crippen LogP contribution in [0.2, 0.25) is 0 Å². The molecule has 1 heterocycles. The number of hydrogen-bond donors (Lipinski definition) is 0. The fourth-order valence-electron chi connectivity index (χ4n) is 1.13. The van der Waals surface area contributed by atoms with Gasteiger partial charge in [0, 0.05) is 4.47 Å². The third kappa shape index (κ3) is 1.37. The van der Waals surface area contributed by atoms with Gasteiger partial charge in [0.05, 0.1) is 12.1 Å². The molecule has 0 radical (unpaired) electrons. The van der Waals surface area contributed by atoms with Crippen molar-refractivity contribution in [2.75, 3.05) is 13.2 Å². The van der Waals surface area contributed by atoms with E-state index in [0.717, 1.165) is 22.5 Å². The van der Waals surface area contributed by atoms with Crippen LogP contribution in [0.15, 0.2) is 33.7 Å². The van der Waals surface area contributed by atoms with Crippen molar-refractivity contribution in [2.24, 2.45) is 4.99 Å².